The smallest absolute Gasteiger partial charge is 0.321 e. The van der Waals surface area contributed by atoms with Crippen LogP contribution < -0.4 is 25.4 Å². The molecule has 5 rings (SSSR count). The lowest BCUT2D eigenvalue weighted by Crippen LogP contribution is -2.53. The predicted molar refractivity (Wildman–Crippen MR) is 152 cm³/mol. The van der Waals surface area contributed by atoms with E-state index >= 15 is 0 Å². The van der Waals surface area contributed by atoms with Crippen LogP contribution in [0.1, 0.15) is 61.6 Å². The van der Waals surface area contributed by atoms with Crippen LogP contribution >= 0.6 is 11.3 Å². The van der Waals surface area contributed by atoms with Gasteiger partial charge in [-0.2, -0.15) is 0 Å². The van der Waals surface area contributed by atoms with E-state index in [4.69, 9.17) is 14.5 Å². The molecule has 3 N–H and O–H groups in total. The number of nitrogens with zero attached hydrogens (tertiary/aromatic N) is 3. The lowest BCUT2D eigenvalue weighted by atomic mass is 9.75. The van der Waals surface area contributed by atoms with Crippen molar-refractivity contribution < 1.29 is 28.7 Å². The molecule has 0 saturated carbocycles. The molecule has 1 saturated heterocycles. The summed E-state index contributed by atoms with van der Waals surface area (Å²) in [5.74, 6) is 0.300. The Morgan fingerprint density at radius 3 is 2.51 bits per heavy atom. The average molecular weight is 581 g/mol. The van der Waals surface area contributed by atoms with Crippen LogP contribution in [0.25, 0.3) is 10.2 Å². The van der Waals surface area contributed by atoms with Gasteiger partial charge in [0.15, 0.2) is 0 Å². The fraction of sp³-hybridized carbons (Fsp3) is 0.429. The standard InChI is InChI=1S/C28H32N6O6S/c1-27(2,3)28(4,25-32-22-18(40-6)11-14(39-5)12-19(22)41-25)33-26(38)30-20-9-7-15-16(29-20)13-34(24(15)37)17-8-10-21(35)31-23(17)36/h7,9,11-12,17H,8,10,13H2,1-6H3,(H,31,35,36)(H2,29,30,33,38)/t17?,28-/m1/s1. The Labute approximate surface area is 240 Å². The van der Waals surface area contributed by atoms with Crippen molar-refractivity contribution in [3.63, 3.8) is 0 Å². The number of thiazole rings is 1. The number of nitrogens with one attached hydrogen (secondary N) is 3. The Morgan fingerprint density at radius 1 is 1.10 bits per heavy atom. The van der Waals surface area contributed by atoms with Crippen LogP contribution in [-0.4, -0.2) is 58.9 Å². The van der Waals surface area contributed by atoms with Crippen molar-refractivity contribution in [3.8, 4) is 11.5 Å². The highest BCUT2D eigenvalue weighted by Crippen LogP contribution is 2.44. The molecular formula is C28H32N6O6S. The molecule has 1 fully saturated rings. The minimum Gasteiger partial charge on any atom is -0.497 e. The number of pyridine rings is 1. The Bertz CT molecular complexity index is 1580. The molecule has 0 spiro atoms. The molecule has 5 amide bonds. The van der Waals surface area contributed by atoms with Crippen molar-refractivity contribution in [2.24, 2.45) is 5.41 Å². The number of piperidine rings is 1. The predicted octanol–water partition coefficient (Wildman–Crippen LogP) is 3.55. The molecular weight excluding hydrogens is 548 g/mol. The summed E-state index contributed by atoms with van der Waals surface area (Å²) in [6.07, 6.45) is 0.423. The summed E-state index contributed by atoms with van der Waals surface area (Å²) < 4.78 is 11.8. The second-order valence-electron chi connectivity index (χ2n) is 11.2. The fourth-order valence-electron chi connectivity index (χ4n) is 4.90. The number of ether oxygens (including phenoxy) is 2. The maximum atomic E-state index is 13.3. The summed E-state index contributed by atoms with van der Waals surface area (Å²) in [5, 5.41) is 8.85. The van der Waals surface area contributed by atoms with Gasteiger partial charge in [-0.15, -0.1) is 11.3 Å². The Morgan fingerprint density at radius 2 is 1.85 bits per heavy atom. The lowest BCUT2D eigenvalue weighted by Gasteiger charge is -2.40. The monoisotopic (exact) mass is 580 g/mol. The SMILES string of the molecule is COc1cc(OC)c2nc([C@@](C)(NC(=O)Nc3ccc4c(n3)CN(C3CCC(=O)NC3=O)C4=O)C(C)(C)C)sc2c1. The van der Waals surface area contributed by atoms with Crippen molar-refractivity contribution in [1.82, 2.24) is 25.5 Å². The van der Waals surface area contributed by atoms with Gasteiger partial charge < -0.3 is 19.7 Å². The third-order valence-corrected chi connectivity index (χ3v) is 9.02. The van der Waals surface area contributed by atoms with Crippen molar-refractivity contribution in [1.29, 1.82) is 0 Å². The van der Waals surface area contributed by atoms with E-state index in [2.05, 4.69) is 20.9 Å². The quantitative estimate of drug-likeness (QED) is 0.375. The molecule has 0 aliphatic carbocycles. The van der Waals surface area contributed by atoms with Crippen LogP contribution in [0.2, 0.25) is 0 Å². The van der Waals surface area contributed by atoms with Crippen LogP contribution in [0, 0.1) is 5.41 Å². The van der Waals surface area contributed by atoms with Gasteiger partial charge in [0.1, 0.15) is 33.9 Å². The molecule has 1 unspecified atom stereocenters. The second-order valence-corrected chi connectivity index (χ2v) is 12.3. The number of carbonyl (C=O) groups excluding carboxylic acids is 4. The first kappa shape index (κ1) is 28.3. The number of carbonyl (C=O) groups is 4. The molecule has 3 aromatic rings. The van der Waals surface area contributed by atoms with E-state index in [1.165, 1.54) is 16.2 Å². The number of methoxy groups -OCH3 is 2. The maximum absolute atomic E-state index is 13.3. The number of anilines is 1. The zero-order valence-corrected chi connectivity index (χ0v) is 24.5. The van der Waals surface area contributed by atoms with Crippen LogP contribution in [0.4, 0.5) is 10.6 Å². The molecule has 1 aromatic carbocycles. The number of amides is 5. The van der Waals surface area contributed by atoms with E-state index < -0.39 is 28.9 Å². The molecule has 0 radical (unpaired) electrons. The van der Waals surface area contributed by atoms with Crippen molar-refractivity contribution in [2.75, 3.05) is 19.5 Å². The summed E-state index contributed by atoms with van der Waals surface area (Å²) in [4.78, 5) is 60.9. The summed E-state index contributed by atoms with van der Waals surface area (Å²) in [6, 6.07) is 5.55. The summed E-state index contributed by atoms with van der Waals surface area (Å²) >= 11 is 1.44. The van der Waals surface area contributed by atoms with Gasteiger partial charge in [-0.3, -0.25) is 25.0 Å². The molecule has 41 heavy (non-hydrogen) atoms. The van der Waals surface area contributed by atoms with Gasteiger partial charge >= 0.3 is 6.03 Å². The number of hydrogen-bond donors (Lipinski definition) is 3. The van der Waals surface area contributed by atoms with Crippen LogP contribution in [0.15, 0.2) is 24.3 Å². The minimum absolute atomic E-state index is 0.105. The third kappa shape index (κ3) is 5.05. The number of fused-ring (bicyclic) bond motifs is 2. The first-order chi connectivity index (χ1) is 19.3. The molecule has 2 aliphatic rings. The number of rotatable bonds is 6. The number of imide groups is 1. The largest absolute Gasteiger partial charge is 0.497 e. The zero-order chi connectivity index (χ0) is 29.7. The number of urea groups is 1. The number of aromatic nitrogens is 2. The van der Waals surface area contributed by atoms with Gasteiger partial charge in [-0.1, -0.05) is 20.8 Å². The number of benzene rings is 1. The summed E-state index contributed by atoms with van der Waals surface area (Å²) in [6.45, 7) is 8.06. The minimum atomic E-state index is -0.895. The average Bonchev–Trinajstić information content (AvgIpc) is 3.48. The highest BCUT2D eigenvalue weighted by atomic mass is 32.1. The van der Waals surface area contributed by atoms with Crippen LogP contribution in [0.5, 0.6) is 11.5 Å². The molecule has 2 aliphatic heterocycles. The van der Waals surface area contributed by atoms with E-state index in [0.717, 1.165) is 4.70 Å². The van der Waals surface area contributed by atoms with Gasteiger partial charge in [-0.05, 0) is 37.0 Å². The van der Waals surface area contributed by atoms with Crippen molar-refractivity contribution in [3.05, 3.63) is 40.5 Å². The highest BCUT2D eigenvalue weighted by Gasteiger charge is 2.44. The normalized spacial score (nSPS) is 18.5. The van der Waals surface area contributed by atoms with Gasteiger partial charge in [0.05, 0.1) is 42.3 Å². The highest BCUT2D eigenvalue weighted by molar-refractivity contribution is 7.18. The van der Waals surface area contributed by atoms with Gasteiger partial charge in [0.2, 0.25) is 11.8 Å². The topological polar surface area (TPSA) is 152 Å². The Kier molecular flexibility index (Phi) is 7.10. The maximum Gasteiger partial charge on any atom is 0.321 e. The molecule has 2 aromatic heterocycles. The molecule has 13 heteroatoms. The molecule has 216 valence electrons. The van der Waals surface area contributed by atoms with Gasteiger partial charge in [0, 0.05) is 12.5 Å². The first-order valence-electron chi connectivity index (χ1n) is 13.1. The Balaban J connectivity index is 1.37. The molecule has 2 atom stereocenters. The third-order valence-electron chi connectivity index (χ3n) is 7.79. The zero-order valence-electron chi connectivity index (χ0n) is 23.7. The summed E-state index contributed by atoms with van der Waals surface area (Å²) in [7, 11) is 3.16. The first-order valence-corrected chi connectivity index (χ1v) is 13.9. The number of hydrogen-bond acceptors (Lipinski definition) is 9. The second kappa shape index (κ2) is 10.3. The van der Waals surface area contributed by atoms with Crippen molar-refractivity contribution in [2.45, 2.75) is 58.7 Å². The van der Waals surface area contributed by atoms with Crippen LogP contribution in [0.3, 0.4) is 0 Å². The fourth-order valence-corrected chi connectivity index (χ4v) is 6.23. The van der Waals surface area contributed by atoms with Gasteiger partial charge in [0.25, 0.3) is 5.91 Å². The molecule has 4 heterocycles. The lowest BCUT2D eigenvalue weighted by molar-refractivity contribution is -0.136. The van der Waals surface area contributed by atoms with E-state index in [9.17, 15) is 19.2 Å². The van der Waals surface area contributed by atoms with Crippen molar-refractivity contribution >= 4 is 51.1 Å². The molecule has 12 nitrogen and oxygen atoms in total. The Hall–Kier alpha value is -4.26. The van der Waals surface area contributed by atoms with E-state index in [0.29, 0.717) is 33.3 Å². The van der Waals surface area contributed by atoms with E-state index in [1.807, 2.05) is 33.8 Å². The molecule has 0 bridgehead atoms. The van der Waals surface area contributed by atoms with Crippen LogP contribution in [-0.2, 0) is 21.7 Å². The summed E-state index contributed by atoms with van der Waals surface area (Å²) in [5.41, 5.74) is 0.142. The van der Waals surface area contributed by atoms with E-state index in [1.54, 1.807) is 32.4 Å². The van der Waals surface area contributed by atoms with Gasteiger partial charge in [-0.25, -0.2) is 14.8 Å². The van der Waals surface area contributed by atoms with E-state index in [-0.39, 0.29) is 37.0 Å².